The normalized spacial score (nSPS) is 14.7. The summed E-state index contributed by atoms with van der Waals surface area (Å²) < 4.78 is 5.36. The van der Waals surface area contributed by atoms with E-state index in [0.717, 1.165) is 24.7 Å². The van der Waals surface area contributed by atoms with Crippen LogP contribution < -0.4 is 15.4 Å². The van der Waals surface area contributed by atoms with E-state index in [1.54, 1.807) is 0 Å². The minimum Gasteiger partial charge on any atom is -0.481 e. The van der Waals surface area contributed by atoms with E-state index in [1.807, 2.05) is 19.2 Å². The lowest BCUT2D eigenvalue weighted by atomic mass is 10.1. The fourth-order valence-electron chi connectivity index (χ4n) is 2.66. The molecule has 0 bridgehead atoms. The van der Waals surface area contributed by atoms with Crippen LogP contribution in [0.4, 0.5) is 0 Å². The van der Waals surface area contributed by atoms with Gasteiger partial charge >= 0.3 is 0 Å². The van der Waals surface area contributed by atoms with Crippen LogP contribution in [0.2, 0.25) is 0 Å². The van der Waals surface area contributed by atoms with Gasteiger partial charge in [0.2, 0.25) is 0 Å². The first-order valence-corrected chi connectivity index (χ1v) is 7.94. The van der Waals surface area contributed by atoms with Crippen molar-refractivity contribution in [3.8, 4) is 18.1 Å². The quantitative estimate of drug-likeness (QED) is 0.318. The maximum Gasteiger partial charge on any atom is 0.191 e. The molecule has 23 heavy (non-hydrogen) atoms. The van der Waals surface area contributed by atoms with E-state index >= 15 is 0 Å². The average molecular weight is 427 g/mol. The summed E-state index contributed by atoms with van der Waals surface area (Å²) in [6, 6.07) is 8.64. The van der Waals surface area contributed by atoms with Crippen molar-refractivity contribution >= 4 is 29.9 Å². The van der Waals surface area contributed by atoms with Crippen LogP contribution >= 0.6 is 24.0 Å². The lowest BCUT2D eigenvalue weighted by Crippen LogP contribution is -2.42. The molecule has 0 aromatic heterocycles. The van der Waals surface area contributed by atoms with Crippen LogP contribution in [0.5, 0.6) is 5.75 Å². The summed E-state index contributed by atoms with van der Waals surface area (Å²) in [7, 11) is 1.82. The Bertz CT molecular complexity index is 516. The van der Waals surface area contributed by atoms with Crippen LogP contribution in [-0.2, 0) is 6.42 Å². The van der Waals surface area contributed by atoms with E-state index in [9.17, 15) is 0 Å². The monoisotopic (exact) mass is 427 g/mol. The minimum atomic E-state index is 0. The molecule has 0 atom stereocenters. The van der Waals surface area contributed by atoms with Gasteiger partial charge in [0.25, 0.3) is 0 Å². The SMILES string of the molecule is C#CCOc1ccc(CCNC(=NC)NC2CCCC2)cc1.I. The van der Waals surface area contributed by atoms with Crippen molar-refractivity contribution in [1.29, 1.82) is 0 Å². The highest BCUT2D eigenvalue weighted by Crippen LogP contribution is 2.17. The van der Waals surface area contributed by atoms with Gasteiger partial charge in [-0.3, -0.25) is 4.99 Å². The Morgan fingerprint density at radius 3 is 2.61 bits per heavy atom. The zero-order chi connectivity index (χ0) is 15.6. The number of halogens is 1. The molecule has 0 spiro atoms. The smallest absolute Gasteiger partial charge is 0.191 e. The summed E-state index contributed by atoms with van der Waals surface area (Å²) in [6.45, 7) is 1.17. The van der Waals surface area contributed by atoms with E-state index in [0.29, 0.717) is 12.6 Å². The van der Waals surface area contributed by atoms with E-state index in [-0.39, 0.29) is 24.0 Å². The van der Waals surface area contributed by atoms with Gasteiger partial charge in [-0.15, -0.1) is 30.4 Å². The van der Waals surface area contributed by atoms with Crippen LogP contribution in [0.1, 0.15) is 31.2 Å². The Morgan fingerprint density at radius 2 is 2.00 bits per heavy atom. The number of hydrogen-bond donors (Lipinski definition) is 2. The van der Waals surface area contributed by atoms with Crippen molar-refractivity contribution in [3.63, 3.8) is 0 Å². The Kier molecular flexibility index (Phi) is 9.53. The zero-order valence-electron chi connectivity index (χ0n) is 13.7. The lowest BCUT2D eigenvalue weighted by molar-refractivity contribution is 0.370. The summed E-state index contributed by atoms with van der Waals surface area (Å²) in [5.74, 6) is 4.18. The molecule has 1 aromatic rings. The third-order valence-electron chi connectivity index (χ3n) is 3.87. The Labute approximate surface area is 156 Å². The summed E-state index contributed by atoms with van der Waals surface area (Å²) in [5, 5.41) is 6.86. The number of benzene rings is 1. The summed E-state index contributed by atoms with van der Waals surface area (Å²) >= 11 is 0. The van der Waals surface area contributed by atoms with Gasteiger partial charge < -0.3 is 15.4 Å². The molecule has 0 radical (unpaired) electrons. The van der Waals surface area contributed by atoms with Crippen molar-refractivity contribution in [1.82, 2.24) is 10.6 Å². The topological polar surface area (TPSA) is 45.6 Å². The number of ether oxygens (including phenoxy) is 1. The number of terminal acetylenes is 1. The Hall–Kier alpha value is -1.42. The first-order valence-electron chi connectivity index (χ1n) is 7.94. The van der Waals surface area contributed by atoms with E-state index in [1.165, 1.54) is 31.2 Å². The summed E-state index contributed by atoms with van der Waals surface area (Å²) in [5.41, 5.74) is 1.26. The van der Waals surface area contributed by atoms with Crippen molar-refractivity contribution in [2.24, 2.45) is 4.99 Å². The molecule has 126 valence electrons. The Balaban J connectivity index is 0.00000264. The standard InChI is InChI=1S/C18H25N3O.HI/c1-3-14-22-17-10-8-15(9-11-17)12-13-20-18(19-2)21-16-6-4-5-7-16;/h1,8-11,16H,4-7,12-14H2,2H3,(H2,19,20,21);1H. The minimum absolute atomic E-state index is 0. The van der Waals surface area contributed by atoms with Crippen LogP contribution in [0.25, 0.3) is 0 Å². The molecule has 1 aromatic carbocycles. The van der Waals surface area contributed by atoms with Gasteiger partial charge in [0.1, 0.15) is 12.4 Å². The zero-order valence-corrected chi connectivity index (χ0v) is 16.0. The largest absolute Gasteiger partial charge is 0.481 e. The maximum absolute atomic E-state index is 5.36. The van der Waals surface area contributed by atoms with Crippen molar-refractivity contribution < 1.29 is 4.74 Å². The van der Waals surface area contributed by atoms with Crippen molar-refractivity contribution in [3.05, 3.63) is 29.8 Å². The molecule has 0 amide bonds. The van der Waals surface area contributed by atoms with Crippen molar-refractivity contribution in [2.75, 3.05) is 20.2 Å². The number of rotatable bonds is 6. The van der Waals surface area contributed by atoms with Gasteiger partial charge in [-0.05, 0) is 37.0 Å². The molecular weight excluding hydrogens is 401 g/mol. The average Bonchev–Trinajstić information content (AvgIpc) is 3.06. The predicted octanol–water partition coefficient (Wildman–Crippen LogP) is 2.97. The number of nitrogens with zero attached hydrogens (tertiary/aromatic N) is 1. The maximum atomic E-state index is 5.36. The van der Waals surface area contributed by atoms with E-state index < -0.39 is 0 Å². The van der Waals surface area contributed by atoms with Crippen LogP contribution in [0.15, 0.2) is 29.3 Å². The van der Waals surface area contributed by atoms with Crippen LogP contribution in [-0.4, -0.2) is 32.2 Å². The first kappa shape index (κ1) is 19.6. The van der Waals surface area contributed by atoms with Crippen molar-refractivity contribution in [2.45, 2.75) is 38.1 Å². The van der Waals surface area contributed by atoms with Gasteiger partial charge in [-0.25, -0.2) is 0 Å². The molecule has 0 aliphatic heterocycles. The highest BCUT2D eigenvalue weighted by molar-refractivity contribution is 14.0. The molecule has 1 aliphatic carbocycles. The molecule has 1 fully saturated rings. The predicted molar refractivity (Wildman–Crippen MR) is 107 cm³/mol. The third-order valence-corrected chi connectivity index (χ3v) is 3.87. The Morgan fingerprint density at radius 1 is 1.30 bits per heavy atom. The molecule has 2 N–H and O–H groups in total. The van der Waals surface area contributed by atoms with E-state index in [4.69, 9.17) is 11.2 Å². The summed E-state index contributed by atoms with van der Waals surface area (Å²) in [4.78, 5) is 4.29. The molecular formula is C18H26IN3O. The third kappa shape index (κ3) is 7.12. The fourth-order valence-corrected chi connectivity index (χ4v) is 2.66. The second kappa shape index (κ2) is 11.2. The molecule has 5 heteroatoms. The van der Waals surface area contributed by atoms with Crippen LogP contribution in [0.3, 0.4) is 0 Å². The van der Waals surface area contributed by atoms with Gasteiger partial charge in [-0.2, -0.15) is 0 Å². The second-order valence-corrected chi connectivity index (χ2v) is 5.51. The van der Waals surface area contributed by atoms with Gasteiger partial charge in [-0.1, -0.05) is 30.9 Å². The molecule has 1 aliphatic rings. The number of nitrogens with one attached hydrogen (secondary N) is 2. The van der Waals surface area contributed by atoms with E-state index in [2.05, 4.69) is 33.7 Å². The lowest BCUT2D eigenvalue weighted by Gasteiger charge is -2.16. The molecule has 0 heterocycles. The highest BCUT2D eigenvalue weighted by Gasteiger charge is 2.15. The summed E-state index contributed by atoms with van der Waals surface area (Å²) in [6.07, 6.45) is 11.3. The molecule has 1 saturated carbocycles. The molecule has 0 saturated heterocycles. The van der Waals surface area contributed by atoms with Gasteiger partial charge in [0.15, 0.2) is 5.96 Å². The number of guanidine groups is 1. The number of hydrogen-bond acceptors (Lipinski definition) is 2. The number of aliphatic imine (C=N–C) groups is 1. The fraction of sp³-hybridized carbons (Fsp3) is 0.500. The van der Waals surface area contributed by atoms with Gasteiger partial charge in [0.05, 0.1) is 0 Å². The molecule has 2 rings (SSSR count). The van der Waals surface area contributed by atoms with Gasteiger partial charge in [0, 0.05) is 19.6 Å². The molecule has 0 unspecified atom stereocenters. The highest BCUT2D eigenvalue weighted by atomic mass is 127. The first-order chi connectivity index (χ1) is 10.8. The molecule has 4 nitrogen and oxygen atoms in total. The second-order valence-electron chi connectivity index (χ2n) is 5.51. The van der Waals surface area contributed by atoms with Crippen LogP contribution in [0, 0.1) is 12.3 Å².